The maximum atomic E-state index is 9.51. The van der Waals surface area contributed by atoms with E-state index in [0.717, 1.165) is 16.6 Å². The number of aliphatic hydroxyl groups is 1. The average molecular weight is 312 g/mol. The standard InChI is InChI=1S/C15H22BrNO/c1-2-17(14-6-4-3-5-7-14)15-10-13(16)9-8-12(15)11-18/h8-10,14,18H,2-7,11H2,1H3. The van der Waals surface area contributed by atoms with Crippen molar-refractivity contribution in [3.63, 3.8) is 0 Å². The van der Waals surface area contributed by atoms with E-state index in [1.54, 1.807) is 0 Å². The van der Waals surface area contributed by atoms with E-state index in [4.69, 9.17) is 0 Å². The molecule has 0 aromatic heterocycles. The van der Waals surface area contributed by atoms with Crippen LogP contribution in [0.3, 0.4) is 0 Å². The van der Waals surface area contributed by atoms with Gasteiger partial charge in [0.05, 0.1) is 6.61 Å². The first kappa shape index (κ1) is 13.9. The van der Waals surface area contributed by atoms with Crippen LogP contribution in [0, 0.1) is 0 Å². The molecule has 0 amide bonds. The van der Waals surface area contributed by atoms with E-state index in [0.29, 0.717) is 6.04 Å². The molecule has 0 radical (unpaired) electrons. The van der Waals surface area contributed by atoms with Gasteiger partial charge in [-0.25, -0.2) is 0 Å². The van der Waals surface area contributed by atoms with Gasteiger partial charge in [-0.1, -0.05) is 41.3 Å². The molecule has 1 fully saturated rings. The fourth-order valence-electron chi connectivity index (χ4n) is 2.96. The van der Waals surface area contributed by atoms with Crippen molar-refractivity contribution in [3.05, 3.63) is 28.2 Å². The third kappa shape index (κ3) is 3.07. The molecule has 100 valence electrons. The lowest BCUT2D eigenvalue weighted by Crippen LogP contribution is -2.37. The zero-order chi connectivity index (χ0) is 13.0. The Kier molecular flexibility index (Phi) is 5.07. The summed E-state index contributed by atoms with van der Waals surface area (Å²) in [4.78, 5) is 2.47. The molecule has 0 unspecified atom stereocenters. The summed E-state index contributed by atoms with van der Waals surface area (Å²) in [6, 6.07) is 6.81. The number of aliphatic hydroxyl groups excluding tert-OH is 1. The normalized spacial score (nSPS) is 16.8. The van der Waals surface area contributed by atoms with E-state index >= 15 is 0 Å². The van der Waals surface area contributed by atoms with Crippen molar-refractivity contribution < 1.29 is 5.11 Å². The summed E-state index contributed by atoms with van der Waals surface area (Å²) >= 11 is 3.54. The summed E-state index contributed by atoms with van der Waals surface area (Å²) in [5, 5.41) is 9.51. The number of anilines is 1. The third-order valence-electron chi connectivity index (χ3n) is 3.88. The maximum Gasteiger partial charge on any atom is 0.0702 e. The lowest BCUT2D eigenvalue weighted by molar-refractivity contribution is 0.281. The van der Waals surface area contributed by atoms with Crippen LogP contribution in [0.2, 0.25) is 0 Å². The smallest absolute Gasteiger partial charge is 0.0702 e. The molecule has 18 heavy (non-hydrogen) atoms. The minimum Gasteiger partial charge on any atom is -0.392 e. The first-order valence-electron chi connectivity index (χ1n) is 6.92. The van der Waals surface area contributed by atoms with Crippen molar-refractivity contribution in [2.24, 2.45) is 0 Å². The quantitative estimate of drug-likeness (QED) is 0.905. The van der Waals surface area contributed by atoms with Gasteiger partial charge in [-0.05, 0) is 31.9 Å². The van der Waals surface area contributed by atoms with Crippen LogP contribution >= 0.6 is 15.9 Å². The highest BCUT2D eigenvalue weighted by Gasteiger charge is 2.22. The van der Waals surface area contributed by atoms with Gasteiger partial charge in [0.1, 0.15) is 0 Å². The number of hydrogen-bond donors (Lipinski definition) is 1. The van der Waals surface area contributed by atoms with Gasteiger partial charge in [0, 0.05) is 28.3 Å². The second kappa shape index (κ2) is 6.58. The molecule has 3 heteroatoms. The average Bonchev–Trinajstić information content (AvgIpc) is 2.41. The second-order valence-corrected chi connectivity index (χ2v) is 5.92. The van der Waals surface area contributed by atoms with Gasteiger partial charge in [0.2, 0.25) is 0 Å². The topological polar surface area (TPSA) is 23.5 Å². The van der Waals surface area contributed by atoms with Gasteiger partial charge in [-0.15, -0.1) is 0 Å². The SMILES string of the molecule is CCN(c1cc(Br)ccc1CO)C1CCCCC1. The van der Waals surface area contributed by atoms with Crippen molar-refractivity contribution in [2.75, 3.05) is 11.4 Å². The van der Waals surface area contributed by atoms with Crippen LogP contribution in [-0.4, -0.2) is 17.7 Å². The van der Waals surface area contributed by atoms with Crippen LogP contribution in [0.5, 0.6) is 0 Å². The van der Waals surface area contributed by atoms with E-state index in [-0.39, 0.29) is 6.61 Å². The minimum absolute atomic E-state index is 0.117. The molecule has 1 aliphatic rings. The number of halogens is 1. The highest BCUT2D eigenvalue weighted by molar-refractivity contribution is 9.10. The van der Waals surface area contributed by atoms with Gasteiger partial charge >= 0.3 is 0 Å². The van der Waals surface area contributed by atoms with Gasteiger partial charge in [0.15, 0.2) is 0 Å². The van der Waals surface area contributed by atoms with Crippen LogP contribution in [0.15, 0.2) is 22.7 Å². The second-order valence-electron chi connectivity index (χ2n) is 5.01. The highest BCUT2D eigenvalue weighted by Crippen LogP contribution is 2.31. The van der Waals surface area contributed by atoms with E-state index < -0.39 is 0 Å². The van der Waals surface area contributed by atoms with Gasteiger partial charge in [-0.2, -0.15) is 0 Å². The van der Waals surface area contributed by atoms with Gasteiger partial charge in [0.25, 0.3) is 0 Å². The van der Waals surface area contributed by atoms with Crippen LogP contribution in [0.4, 0.5) is 5.69 Å². The fourth-order valence-corrected chi connectivity index (χ4v) is 3.31. The lowest BCUT2D eigenvalue weighted by atomic mass is 9.93. The molecule has 1 aromatic carbocycles. The molecule has 2 nitrogen and oxygen atoms in total. The summed E-state index contributed by atoms with van der Waals surface area (Å²) in [6.45, 7) is 3.33. The third-order valence-corrected chi connectivity index (χ3v) is 4.38. The fraction of sp³-hybridized carbons (Fsp3) is 0.600. The molecule has 1 N–H and O–H groups in total. The summed E-state index contributed by atoms with van der Waals surface area (Å²) in [7, 11) is 0. The van der Waals surface area contributed by atoms with E-state index in [9.17, 15) is 5.11 Å². The van der Waals surface area contributed by atoms with Crippen molar-refractivity contribution in [3.8, 4) is 0 Å². The van der Waals surface area contributed by atoms with Gasteiger partial charge < -0.3 is 10.0 Å². The molecule has 0 saturated heterocycles. The molecule has 1 saturated carbocycles. The number of rotatable bonds is 4. The molecular weight excluding hydrogens is 290 g/mol. The van der Waals surface area contributed by atoms with E-state index in [2.05, 4.69) is 33.8 Å². The van der Waals surface area contributed by atoms with Crippen molar-refractivity contribution >= 4 is 21.6 Å². The van der Waals surface area contributed by atoms with Crippen LogP contribution in [-0.2, 0) is 6.61 Å². The monoisotopic (exact) mass is 311 g/mol. The Morgan fingerprint density at radius 2 is 2.00 bits per heavy atom. The molecule has 1 aliphatic carbocycles. The molecular formula is C15H22BrNO. The first-order valence-corrected chi connectivity index (χ1v) is 7.71. The van der Waals surface area contributed by atoms with Crippen LogP contribution in [0.25, 0.3) is 0 Å². The number of hydrogen-bond acceptors (Lipinski definition) is 2. The van der Waals surface area contributed by atoms with Gasteiger partial charge in [-0.3, -0.25) is 0 Å². The highest BCUT2D eigenvalue weighted by atomic mass is 79.9. The Morgan fingerprint density at radius 1 is 1.28 bits per heavy atom. The Labute approximate surface area is 118 Å². The van der Waals surface area contributed by atoms with E-state index in [1.165, 1.54) is 37.8 Å². The summed E-state index contributed by atoms with van der Waals surface area (Å²) in [5.74, 6) is 0. The largest absolute Gasteiger partial charge is 0.392 e. The van der Waals surface area contributed by atoms with Crippen molar-refractivity contribution in [1.29, 1.82) is 0 Å². The predicted octanol–water partition coefficient (Wildman–Crippen LogP) is 4.10. The first-order chi connectivity index (χ1) is 8.76. The number of benzene rings is 1. The molecule has 0 bridgehead atoms. The summed E-state index contributed by atoms with van der Waals surface area (Å²) < 4.78 is 1.09. The van der Waals surface area contributed by atoms with Crippen LogP contribution < -0.4 is 4.90 Å². The summed E-state index contributed by atoms with van der Waals surface area (Å²) in [6.07, 6.45) is 6.61. The maximum absolute atomic E-state index is 9.51. The zero-order valence-electron chi connectivity index (χ0n) is 11.0. The Morgan fingerprint density at radius 3 is 2.61 bits per heavy atom. The molecule has 2 rings (SSSR count). The Hall–Kier alpha value is -0.540. The molecule has 0 spiro atoms. The molecule has 0 aliphatic heterocycles. The van der Waals surface area contributed by atoms with Crippen molar-refractivity contribution in [2.45, 2.75) is 51.7 Å². The Balaban J connectivity index is 2.27. The molecule has 0 atom stereocenters. The zero-order valence-corrected chi connectivity index (χ0v) is 12.6. The lowest BCUT2D eigenvalue weighted by Gasteiger charge is -2.36. The molecule has 1 aromatic rings. The summed E-state index contributed by atoms with van der Waals surface area (Å²) in [5.41, 5.74) is 2.23. The van der Waals surface area contributed by atoms with Crippen molar-refractivity contribution in [1.82, 2.24) is 0 Å². The molecule has 0 heterocycles. The predicted molar refractivity (Wildman–Crippen MR) is 80.0 cm³/mol. The Bertz CT molecular complexity index is 388. The van der Waals surface area contributed by atoms with E-state index in [1.807, 2.05) is 12.1 Å². The minimum atomic E-state index is 0.117. The van der Waals surface area contributed by atoms with Crippen LogP contribution in [0.1, 0.15) is 44.6 Å². The number of nitrogens with zero attached hydrogens (tertiary/aromatic N) is 1.